The molecular formula is C11H8BrClFNO2. The molecular weight excluding hydrogens is 312 g/mol. The number of rotatable bonds is 2. The summed E-state index contributed by atoms with van der Waals surface area (Å²) in [5.41, 5.74) is 0.829. The highest BCUT2D eigenvalue weighted by Gasteiger charge is 2.18. The van der Waals surface area contributed by atoms with E-state index < -0.39 is 11.8 Å². The standard InChI is InChI=1S/C11H8BrClFNO2/c1-2-17-11(16)10-9(12)5-3-7(14)6(13)4-8(5)15-10/h3-4,15H,2H2,1H3. The number of carbonyl (C=O) groups is 1. The average Bonchev–Trinajstić information content (AvgIpc) is 2.58. The number of H-pyrrole nitrogens is 1. The van der Waals surface area contributed by atoms with Gasteiger partial charge in [-0.15, -0.1) is 0 Å². The third kappa shape index (κ3) is 2.17. The van der Waals surface area contributed by atoms with Gasteiger partial charge in [-0.3, -0.25) is 0 Å². The van der Waals surface area contributed by atoms with Crippen molar-refractivity contribution >= 4 is 44.4 Å². The summed E-state index contributed by atoms with van der Waals surface area (Å²) in [5.74, 6) is -1.03. The molecule has 0 saturated carbocycles. The summed E-state index contributed by atoms with van der Waals surface area (Å²) in [7, 11) is 0. The van der Waals surface area contributed by atoms with Crippen LogP contribution in [0.4, 0.5) is 4.39 Å². The summed E-state index contributed by atoms with van der Waals surface area (Å²) in [6.07, 6.45) is 0. The number of fused-ring (bicyclic) bond motifs is 1. The Labute approximate surface area is 110 Å². The van der Waals surface area contributed by atoms with Gasteiger partial charge in [-0.25, -0.2) is 9.18 Å². The molecule has 6 heteroatoms. The van der Waals surface area contributed by atoms with Crippen LogP contribution < -0.4 is 0 Å². The maximum Gasteiger partial charge on any atom is 0.355 e. The molecule has 1 heterocycles. The van der Waals surface area contributed by atoms with Gasteiger partial charge in [0.1, 0.15) is 11.5 Å². The van der Waals surface area contributed by atoms with Crippen LogP contribution in [-0.2, 0) is 4.74 Å². The van der Waals surface area contributed by atoms with Crippen molar-refractivity contribution in [3.05, 3.63) is 33.1 Å². The monoisotopic (exact) mass is 319 g/mol. The Balaban J connectivity index is 2.60. The number of halogens is 3. The first-order valence-corrected chi connectivity index (χ1v) is 6.05. The fourth-order valence-corrected chi connectivity index (χ4v) is 2.25. The molecule has 17 heavy (non-hydrogen) atoms. The summed E-state index contributed by atoms with van der Waals surface area (Å²) < 4.78 is 18.6. The highest BCUT2D eigenvalue weighted by Crippen LogP contribution is 2.31. The first kappa shape index (κ1) is 12.4. The van der Waals surface area contributed by atoms with Crippen molar-refractivity contribution < 1.29 is 13.9 Å². The van der Waals surface area contributed by atoms with Crippen LogP contribution in [0.25, 0.3) is 10.9 Å². The molecule has 1 aromatic heterocycles. The van der Waals surface area contributed by atoms with E-state index in [9.17, 15) is 9.18 Å². The third-order valence-corrected chi connectivity index (χ3v) is 3.37. The smallest absolute Gasteiger partial charge is 0.355 e. The predicted octanol–water partition coefficient (Wildman–Crippen LogP) is 3.90. The molecule has 0 aliphatic rings. The number of hydrogen-bond donors (Lipinski definition) is 1. The topological polar surface area (TPSA) is 42.1 Å². The number of carbonyl (C=O) groups excluding carboxylic acids is 1. The first-order valence-electron chi connectivity index (χ1n) is 4.88. The Hall–Kier alpha value is -1.07. The van der Waals surface area contributed by atoms with Crippen LogP contribution in [0, 0.1) is 5.82 Å². The van der Waals surface area contributed by atoms with Crippen LogP contribution in [0.3, 0.4) is 0 Å². The minimum absolute atomic E-state index is 0.00154. The van der Waals surface area contributed by atoms with Crippen LogP contribution >= 0.6 is 27.5 Å². The molecule has 0 unspecified atom stereocenters. The minimum Gasteiger partial charge on any atom is -0.461 e. The molecule has 0 fully saturated rings. The lowest BCUT2D eigenvalue weighted by Gasteiger charge is -1.98. The number of hydrogen-bond acceptors (Lipinski definition) is 2. The maximum atomic E-state index is 13.3. The van der Waals surface area contributed by atoms with Gasteiger partial charge >= 0.3 is 5.97 Å². The quantitative estimate of drug-likeness (QED) is 0.853. The molecule has 0 saturated heterocycles. The summed E-state index contributed by atoms with van der Waals surface area (Å²) in [6, 6.07) is 2.70. The zero-order valence-corrected chi connectivity index (χ0v) is 11.2. The number of nitrogens with one attached hydrogen (secondary N) is 1. The predicted molar refractivity (Wildman–Crippen MR) is 66.9 cm³/mol. The van der Waals surface area contributed by atoms with Gasteiger partial charge < -0.3 is 9.72 Å². The molecule has 3 nitrogen and oxygen atoms in total. The molecule has 2 aromatic rings. The van der Waals surface area contributed by atoms with Crippen LogP contribution in [0.5, 0.6) is 0 Å². The van der Waals surface area contributed by atoms with Crippen LogP contribution in [-0.4, -0.2) is 17.6 Å². The molecule has 90 valence electrons. The second-order valence-corrected chi connectivity index (χ2v) is 4.55. The van der Waals surface area contributed by atoms with Gasteiger partial charge in [0.2, 0.25) is 0 Å². The molecule has 0 aliphatic heterocycles. The van der Waals surface area contributed by atoms with E-state index in [0.29, 0.717) is 15.4 Å². The second-order valence-electron chi connectivity index (χ2n) is 3.35. The van der Waals surface area contributed by atoms with Crippen LogP contribution in [0.2, 0.25) is 5.02 Å². The van der Waals surface area contributed by atoms with Crippen LogP contribution in [0.1, 0.15) is 17.4 Å². The largest absolute Gasteiger partial charge is 0.461 e. The first-order chi connectivity index (χ1) is 8.04. The Morgan fingerprint density at radius 1 is 1.59 bits per heavy atom. The average molecular weight is 321 g/mol. The van der Waals surface area contributed by atoms with E-state index >= 15 is 0 Å². The third-order valence-electron chi connectivity index (χ3n) is 2.26. The molecule has 1 aromatic carbocycles. The summed E-state index contributed by atoms with van der Waals surface area (Å²) in [6.45, 7) is 1.99. The van der Waals surface area contributed by atoms with Crippen molar-refractivity contribution in [1.29, 1.82) is 0 Å². The normalized spacial score (nSPS) is 10.8. The number of benzene rings is 1. The number of aromatic amines is 1. The molecule has 0 radical (unpaired) electrons. The van der Waals surface area contributed by atoms with Gasteiger partial charge in [0.15, 0.2) is 0 Å². The van der Waals surface area contributed by atoms with Gasteiger partial charge in [0, 0.05) is 10.9 Å². The SMILES string of the molecule is CCOC(=O)c1[nH]c2cc(Cl)c(F)cc2c1Br. The molecule has 1 N–H and O–H groups in total. The van der Waals surface area contributed by atoms with E-state index in [1.165, 1.54) is 12.1 Å². The van der Waals surface area contributed by atoms with Gasteiger partial charge in [-0.1, -0.05) is 11.6 Å². The maximum absolute atomic E-state index is 13.3. The van der Waals surface area contributed by atoms with Crippen LogP contribution in [0.15, 0.2) is 16.6 Å². The highest BCUT2D eigenvalue weighted by molar-refractivity contribution is 9.10. The summed E-state index contributed by atoms with van der Waals surface area (Å²) in [4.78, 5) is 14.4. The summed E-state index contributed by atoms with van der Waals surface area (Å²) >= 11 is 8.90. The summed E-state index contributed by atoms with van der Waals surface area (Å²) in [5, 5.41) is 0.552. The van der Waals surface area contributed by atoms with Gasteiger partial charge in [0.25, 0.3) is 0 Å². The van der Waals surface area contributed by atoms with E-state index in [4.69, 9.17) is 16.3 Å². The van der Waals surface area contributed by atoms with E-state index in [1.807, 2.05) is 0 Å². The van der Waals surface area contributed by atoms with Crippen molar-refractivity contribution in [1.82, 2.24) is 4.98 Å². The van der Waals surface area contributed by atoms with Gasteiger partial charge in [-0.2, -0.15) is 0 Å². The fraction of sp³-hybridized carbons (Fsp3) is 0.182. The molecule has 0 amide bonds. The van der Waals surface area contributed by atoms with Gasteiger partial charge in [-0.05, 0) is 35.0 Å². The van der Waals surface area contributed by atoms with Gasteiger partial charge in [0.05, 0.1) is 16.1 Å². The number of aromatic nitrogens is 1. The van der Waals surface area contributed by atoms with Crippen molar-refractivity contribution in [2.45, 2.75) is 6.92 Å². The van der Waals surface area contributed by atoms with Crippen molar-refractivity contribution in [3.8, 4) is 0 Å². The number of esters is 1. The Bertz CT molecular complexity index is 597. The Morgan fingerprint density at radius 2 is 2.29 bits per heavy atom. The minimum atomic E-state index is -0.533. The lowest BCUT2D eigenvalue weighted by molar-refractivity contribution is 0.0519. The van der Waals surface area contributed by atoms with Crippen molar-refractivity contribution in [2.75, 3.05) is 6.61 Å². The zero-order chi connectivity index (χ0) is 12.6. The second kappa shape index (κ2) is 4.66. The van der Waals surface area contributed by atoms with E-state index in [0.717, 1.165) is 0 Å². The molecule has 2 rings (SSSR count). The molecule has 0 spiro atoms. The Kier molecular flexibility index (Phi) is 3.40. The lowest BCUT2D eigenvalue weighted by Crippen LogP contribution is -2.05. The van der Waals surface area contributed by atoms with Crippen molar-refractivity contribution in [3.63, 3.8) is 0 Å². The Morgan fingerprint density at radius 3 is 2.94 bits per heavy atom. The van der Waals surface area contributed by atoms with Crippen molar-refractivity contribution in [2.24, 2.45) is 0 Å². The highest BCUT2D eigenvalue weighted by atomic mass is 79.9. The molecule has 0 aliphatic carbocycles. The van der Waals surface area contributed by atoms with E-state index in [1.54, 1.807) is 6.92 Å². The number of ether oxygens (including phenoxy) is 1. The lowest BCUT2D eigenvalue weighted by atomic mass is 10.2. The molecule has 0 atom stereocenters. The molecule has 0 bridgehead atoms. The fourth-order valence-electron chi connectivity index (χ4n) is 1.50. The van der Waals surface area contributed by atoms with E-state index in [-0.39, 0.29) is 17.3 Å². The zero-order valence-electron chi connectivity index (χ0n) is 8.81. The van der Waals surface area contributed by atoms with E-state index in [2.05, 4.69) is 20.9 Å².